The van der Waals surface area contributed by atoms with Crippen molar-refractivity contribution in [2.24, 2.45) is 5.10 Å². The first-order valence-corrected chi connectivity index (χ1v) is 6.28. The second-order valence-corrected chi connectivity index (χ2v) is 4.84. The zero-order valence-corrected chi connectivity index (χ0v) is 11.7. The Morgan fingerprint density at radius 3 is 3.05 bits per heavy atom. The molecule has 8 heteroatoms. The molecule has 0 unspecified atom stereocenters. The molecular weight excluding hydrogens is 314 g/mol. The fourth-order valence-electron chi connectivity index (χ4n) is 1.48. The molecule has 100 valence electrons. The first-order valence-electron chi connectivity index (χ1n) is 5.48. The fraction of sp³-hybridized carbons (Fsp3) is 0.182. The zero-order chi connectivity index (χ0) is 13.8. The SMILES string of the molecule is CC1=NNC(=O)N(NC(=O)Nc2cccc(Br)c2)C1. The summed E-state index contributed by atoms with van der Waals surface area (Å²) in [6, 6.07) is 6.17. The molecule has 0 saturated carbocycles. The predicted octanol–water partition coefficient (Wildman–Crippen LogP) is 1.89. The molecule has 0 fully saturated rings. The second kappa shape index (κ2) is 5.70. The van der Waals surface area contributed by atoms with Crippen molar-refractivity contribution in [3.05, 3.63) is 28.7 Å². The molecule has 19 heavy (non-hydrogen) atoms. The standard InChI is InChI=1S/C11H12BrN5O2/c1-7-6-17(11(19)15-14-7)16-10(18)13-9-4-2-3-8(12)5-9/h2-5H,6H2,1H3,(H,15,19)(H2,13,16,18). The molecule has 0 saturated heterocycles. The molecule has 1 aromatic carbocycles. The summed E-state index contributed by atoms with van der Waals surface area (Å²) in [6.45, 7) is 2.00. The van der Waals surface area contributed by atoms with Crippen LogP contribution in [0.15, 0.2) is 33.8 Å². The van der Waals surface area contributed by atoms with E-state index in [0.29, 0.717) is 11.4 Å². The van der Waals surface area contributed by atoms with Gasteiger partial charge in [0.2, 0.25) is 0 Å². The third kappa shape index (κ3) is 3.68. The maximum Gasteiger partial charge on any atom is 0.356 e. The lowest BCUT2D eigenvalue weighted by molar-refractivity contribution is 0.177. The first-order chi connectivity index (χ1) is 9.04. The molecule has 0 spiro atoms. The van der Waals surface area contributed by atoms with Crippen LogP contribution < -0.4 is 16.2 Å². The topological polar surface area (TPSA) is 85.8 Å². The lowest BCUT2D eigenvalue weighted by atomic mass is 10.3. The third-order valence-corrected chi connectivity index (χ3v) is 2.79. The van der Waals surface area contributed by atoms with Gasteiger partial charge in [-0.15, -0.1) is 0 Å². The summed E-state index contributed by atoms with van der Waals surface area (Å²) in [6.07, 6.45) is 0. The minimum Gasteiger partial charge on any atom is -0.307 e. The van der Waals surface area contributed by atoms with E-state index in [1.807, 2.05) is 6.07 Å². The zero-order valence-electron chi connectivity index (χ0n) is 10.1. The molecule has 3 N–H and O–H groups in total. The minimum atomic E-state index is -0.497. The number of hydrogen-bond acceptors (Lipinski definition) is 3. The van der Waals surface area contributed by atoms with Gasteiger partial charge < -0.3 is 5.32 Å². The number of carbonyl (C=O) groups is 2. The fourth-order valence-corrected chi connectivity index (χ4v) is 1.88. The van der Waals surface area contributed by atoms with Crippen molar-refractivity contribution in [3.8, 4) is 0 Å². The van der Waals surface area contributed by atoms with Crippen molar-refractivity contribution in [1.29, 1.82) is 0 Å². The molecule has 0 radical (unpaired) electrons. The van der Waals surface area contributed by atoms with Crippen LogP contribution in [0, 0.1) is 0 Å². The number of urea groups is 2. The van der Waals surface area contributed by atoms with E-state index in [1.54, 1.807) is 25.1 Å². The van der Waals surface area contributed by atoms with Gasteiger partial charge in [0.15, 0.2) is 0 Å². The molecule has 4 amide bonds. The third-order valence-electron chi connectivity index (χ3n) is 2.29. The Morgan fingerprint density at radius 1 is 1.53 bits per heavy atom. The summed E-state index contributed by atoms with van der Waals surface area (Å²) in [4.78, 5) is 23.2. The monoisotopic (exact) mass is 325 g/mol. The first kappa shape index (κ1) is 13.3. The van der Waals surface area contributed by atoms with E-state index >= 15 is 0 Å². The highest BCUT2D eigenvalue weighted by Gasteiger charge is 2.20. The number of hydrazine groups is 1. The Balaban J connectivity index is 1.94. The van der Waals surface area contributed by atoms with Crippen LogP contribution in [-0.2, 0) is 0 Å². The summed E-state index contributed by atoms with van der Waals surface area (Å²) in [5.41, 5.74) is 6.04. The van der Waals surface area contributed by atoms with Crippen LogP contribution in [0.4, 0.5) is 15.3 Å². The average Bonchev–Trinajstić information content (AvgIpc) is 2.34. The predicted molar refractivity (Wildman–Crippen MR) is 74.6 cm³/mol. The molecule has 1 heterocycles. The Morgan fingerprint density at radius 2 is 2.32 bits per heavy atom. The van der Waals surface area contributed by atoms with Gasteiger partial charge in [0.1, 0.15) is 0 Å². The Kier molecular flexibility index (Phi) is 4.00. The summed E-state index contributed by atoms with van der Waals surface area (Å²) in [5, 5.41) is 7.53. The molecule has 0 aromatic heterocycles. The van der Waals surface area contributed by atoms with E-state index in [0.717, 1.165) is 9.48 Å². The number of halogens is 1. The van der Waals surface area contributed by atoms with E-state index < -0.39 is 12.1 Å². The van der Waals surface area contributed by atoms with Gasteiger partial charge in [-0.1, -0.05) is 22.0 Å². The van der Waals surface area contributed by atoms with Crippen molar-refractivity contribution in [2.45, 2.75) is 6.92 Å². The van der Waals surface area contributed by atoms with Crippen molar-refractivity contribution >= 4 is 39.4 Å². The van der Waals surface area contributed by atoms with E-state index in [4.69, 9.17) is 0 Å². The lowest BCUT2D eigenvalue weighted by Gasteiger charge is -2.25. The number of anilines is 1. The number of amides is 4. The van der Waals surface area contributed by atoms with E-state index in [1.165, 1.54) is 0 Å². The van der Waals surface area contributed by atoms with Crippen LogP contribution in [-0.4, -0.2) is 29.3 Å². The lowest BCUT2D eigenvalue weighted by Crippen LogP contribution is -2.55. The number of nitrogens with one attached hydrogen (secondary N) is 3. The summed E-state index contributed by atoms with van der Waals surface area (Å²) in [5.74, 6) is 0. The number of rotatable bonds is 2. The molecule has 1 aliphatic rings. The number of nitrogens with zero attached hydrogens (tertiary/aromatic N) is 2. The highest BCUT2D eigenvalue weighted by molar-refractivity contribution is 9.10. The normalized spacial score (nSPS) is 14.5. The van der Waals surface area contributed by atoms with Crippen LogP contribution in [0.25, 0.3) is 0 Å². The van der Waals surface area contributed by atoms with E-state index in [2.05, 4.69) is 37.2 Å². The van der Waals surface area contributed by atoms with Gasteiger partial charge in [0, 0.05) is 10.2 Å². The smallest absolute Gasteiger partial charge is 0.307 e. The second-order valence-electron chi connectivity index (χ2n) is 3.93. The average molecular weight is 326 g/mol. The van der Waals surface area contributed by atoms with Gasteiger partial charge in [-0.25, -0.2) is 25.4 Å². The molecule has 1 aromatic rings. The Hall–Kier alpha value is -2.09. The van der Waals surface area contributed by atoms with E-state index in [-0.39, 0.29) is 6.54 Å². The van der Waals surface area contributed by atoms with Crippen molar-refractivity contribution in [1.82, 2.24) is 15.9 Å². The minimum absolute atomic E-state index is 0.248. The van der Waals surface area contributed by atoms with Crippen LogP contribution in [0.2, 0.25) is 0 Å². The number of benzene rings is 1. The summed E-state index contributed by atoms with van der Waals surface area (Å²) < 4.78 is 0.851. The highest BCUT2D eigenvalue weighted by Crippen LogP contribution is 2.15. The molecule has 1 aliphatic heterocycles. The largest absolute Gasteiger partial charge is 0.356 e. The van der Waals surface area contributed by atoms with Gasteiger partial charge in [0.05, 0.1) is 12.3 Å². The summed E-state index contributed by atoms with van der Waals surface area (Å²) >= 11 is 3.31. The van der Waals surface area contributed by atoms with E-state index in [9.17, 15) is 9.59 Å². The van der Waals surface area contributed by atoms with Crippen LogP contribution in [0.5, 0.6) is 0 Å². The Bertz CT molecular complexity index is 546. The van der Waals surface area contributed by atoms with Crippen molar-refractivity contribution < 1.29 is 9.59 Å². The van der Waals surface area contributed by atoms with Crippen LogP contribution in [0.1, 0.15) is 6.92 Å². The molecule has 0 atom stereocenters. The van der Waals surface area contributed by atoms with Gasteiger partial charge in [-0.2, -0.15) is 5.10 Å². The maximum absolute atomic E-state index is 11.7. The van der Waals surface area contributed by atoms with Gasteiger partial charge >= 0.3 is 12.1 Å². The van der Waals surface area contributed by atoms with Gasteiger partial charge in [0.25, 0.3) is 0 Å². The van der Waals surface area contributed by atoms with Crippen molar-refractivity contribution in [3.63, 3.8) is 0 Å². The van der Waals surface area contributed by atoms with Crippen LogP contribution in [0.3, 0.4) is 0 Å². The molecule has 0 bridgehead atoms. The summed E-state index contributed by atoms with van der Waals surface area (Å²) in [7, 11) is 0. The number of hydrazone groups is 1. The van der Waals surface area contributed by atoms with Gasteiger partial charge in [-0.05, 0) is 25.1 Å². The number of carbonyl (C=O) groups excluding carboxylic acids is 2. The Labute approximate surface area is 118 Å². The molecule has 2 rings (SSSR count). The molecular formula is C11H12BrN5O2. The quantitative estimate of drug-likeness (QED) is 0.775. The van der Waals surface area contributed by atoms with Crippen molar-refractivity contribution in [2.75, 3.05) is 11.9 Å². The maximum atomic E-state index is 11.7. The molecule has 7 nitrogen and oxygen atoms in total. The highest BCUT2D eigenvalue weighted by atomic mass is 79.9. The van der Waals surface area contributed by atoms with Crippen LogP contribution >= 0.6 is 15.9 Å². The van der Waals surface area contributed by atoms with Gasteiger partial charge in [-0.3, -0.25) is 0 Å². The molecule has 0 aliphatic carbocycles. The number of hydrogen-bond donors (Lipinski definition) is 3.